The molecule has 0 amide bonds. The van der Waals surface area contributed by atoms with E-state index >= 15 is 0 Å². The van der Waals surface area contributed by atoms with E-state index in [1.807, 2.05) is 6.07 Å². The molecular weight excluding hydrogens is 407 g/mol. The molecule has 0 unspecified atom stereocenters. The number of fused-ring (bicyclic) bond motifs is 8. The third-order valence-corrected chi connectivity index (χ3v) is 7.10. The molecule has 0 bridgehead atoms. The van der Waals surface area contributed by atoms with E-state index in [9.17, 15) is 5.11 Å². The Morgan fingerprint density at radius 3 is 2.55 bits per heavy atom. The molecule has 0 fully saturated rings. The minimum absolute atomic E-state index is 0.194. The van der Waals surface area contributed by atoms with Crippen molar-refractivity contribution >= 4 is 41.2 Å². The molecule has 33 heavy (non-hydrogen) atoms. The summed E-state index contributed by atoms with van der Waals surface area (Å²) in [7, 11) is 2.08. The van der Waals surface area contributed by atoms with Crippen LogP contribution in [0.25, 0.3) is 44.8 Å². The Morgan fingerprint density at radius 2 is 1.67 bits per heavy atom. The summed E-state index contributed by atoms with van der Waals surface area (Å²) in [5, 5.41) is 10.3. The van der Waals surface area contributed by atoms with Gasteiger partial charge in [-0.25, -0.2) is 9.97 Å². The van der Waals surface area contributed by atoms with E-state index in [0.29, 0.717) is 0 Å². The van der Waals surface area contributed by atoms with Crippen LogP contribution in [0.2, 0.25) is 0 Å². The van der Waals surface area contributed by atoms with Crippen LogP contribution in [0.3, 0.4) is 0 Å². The van der Waals surface area contributed by atoms with Crippen molar-refractivity contribution in [2.45, 2.75) is 19.3 Å². The highest BCUT2D eigenvalue weighted by molar-refractivity contribution is 6.38. The van der Waals surface area contributed by atoms with Gasteiger partial charge in [0.25, 0.3) is 0 Å². The molecule has 1 aliphatic carbocycles. The van der Waals surface area contributed by atoms with Crippen LogP contribution in [0, 0.1) is 0 Å². The smallest absolute Gasteiger partial charge is 0.221 e. The average Bonchev–Trinajstić information content (AvgIpc) is 3.40. The van der Waals surface area contributed by atoms with Crippen molar-refractivity contribution in [2.24, 2.45) is 0 Å². The monoisotopic (exact) mass is 428 g/mol. The first-order chi connectivity index (χ1) is 15.9. The van der Waals surface area contributed by atoms with Gasteiger partial charge in [0.05, 0.1) is 27.8 Å². The van der Waals surface area contributed by atoms with Crippen LogP contribution in [0.4, 0.5) is 0 Å². The third-order valence-electron chi connectivity index (χ3n) is 7.10. The van der Waals surface area contributed by atoms with Crippen molar-refractivity contribution in [1.29, 1.82) is 0 Å². The number of imidazole rings is 2. The number of nitrogens with zero attached hydrogens (tertiary/aromatic N) is 4. The maximum Gasteiger partial charge on any atom is 0.221 e. The summed E-state index contributed by atoms with van der Waals surface area (Å²) in [5.41, 5.74) is 9.62. The predicted octanol–water partition coefficient (Wildman–Crippen LogP) is 4.10. The summed E-state index contributed by atoms with van der Waals surface area (Å²) in [5.74, 6) is 1.81. The molecule has 3 aromatic carbocycles. The molecule has 0 spiro atoms. The fraction of sp³-hybridized carbons (Fsp3) is 0.111. The second-order valence-electron chi connectivity index (χ2n) is 9.43. The van der Waals surface area contributed by atoms with Gasteiger partial charge in [0.2, 0.25) is 5.78 Å². The highest BCUT2D eigenvalue weighted by atomic mass is 16.3. The predicted molar refractivity (Wildman–Crippen MR) is 135 cm³/mol. The van der Waals surface area contributed by atoms with Crippen molar-refractivity contribution in [1.82, 2.24) is 18.9 Å². The lowest BCUT2D eigenvalue weighted by atomic mass is 9.85. The summed E-state index contributed by atoms with van der Waals surface area (Å²) >= 11 is 0. The second-order valence-corrected chi connectivity index (χ2v) is 9.43. The van der Waals surface area contributed by atoms with E-state index in [-0.39, 0.29) is 11.2 Å². The molecule has 0 radical (unpaired) electrons. The molecule has 3 aromatic heterocycles. The Bertz CT molecular complexity index is 1780. The molecule has 0 atom stereocenters. The van der Waals surface area contributed by atoms with Crippen LogP contribution >= 0.6 is 0 Å². The number of aromatic hydroxyl groups is 1. The summed E-state index contributed by atoms with van der Waals surface area (Å²) in [6.45, 7) is 4.47. The fourth-order valence-corrected chi connectivity index (χ4v) is 5.49. The summed E-state index contributed by atoms with van der Waals surface area (Å²) in [6, 6.07) is 24.5. The first kappa shape index (κ1) is 18.5. The maximum atomic E-state index is 10.3. The highest BCUT2D eigenvalue weighted by Crippen LogP contribution is 2.47. The van der Waals surface area contributed by atoms with Crippen molar-refractivity contribution in [3.05, 3.63) is 84.1 Å². The fourth-order valence-electron chi connectivity index (χ4n) is 5.49. The van der Waals surface area contributed by atoms with Crippen molar-refractivity contribution in [2.75, 3.05) is 0 Å². The van der Waals surface area contributed by atoms with Gasteiger partial charge >= 0.3 is 0 Å². The highest BCUT2D eigenvalue weighted by Gasteiger charge is 2.37. The Hall–Kier alpha value is -4.06. The van der Waals surface area contributed by atoms with Gasteiger partial charge in [0, 0.05) is 17.0 Å². The number of hydrogen-bond donors (Lipinski definition) is 1. The third kappa shape index (κ3) is 2.27. The van der Waals surface area contributed by atoms with E-state index in [1.165, 1.54) is 16.7 Å². The molecule has 0 saturated heterocycles. The van der Waals surface area contributed by atoms with Gasteiger partial charge in [0.1, 0.15) is 19.4 Å². The molecule has 6 heteroatoms. The molecule has 1 aliphatic rings. The zero-order valence-corrected chi connectivity index (χ0v) is 18.7. The van der Waals surface area contributed by atoms with Crippen LogP contribution in [0.15, 0.2) is 72.8 Å². The lowest BCUT2D eigenvalue weighted by Crippen LogP contribution is -2.17. The van der Waals surface area contributed by atoms with Gasteiger partial charge in [-0.2, -0.15) is 0 Å². The van der Waals surface area contributed by atoms with Crippen LogP contribution < -0.4 is 5.46 Å². The summed E-state index contributed by atoms with van der Waals surface area (Å²) < 4.78 is 4.22. The van der Waals surface area contributed by atoms with Gasteiger partial charge in [-0.1, -0.05) is 55.7 Å². The van der Waals surface area contributed by atoms with Crippen molar-refractivity contribution < 1.29 is 5.11 Å². The lowest BCUT2D eigenvalue weighted by molar-refractivity contribution is 0.476. The average molecular weight is 428 g/mol. The molecule has 6 aromatic rings. The molecule has 3 heterocycles. The minimum Gasteiger partial charge on any atom is -0.508 e. The molecule has 5 nitrogen and oxygen atoms in total. The first-order valence-electron chi connectivity index (χ1n) is 11.2. The molecular formula is C27H21BN4O. The number of phenols is 1. The van der Waals surface area contributed by atoms with Crippen molar-refractivity contribution in [3.63, 3.8) is 0 Å². The SMILES string of the molecule is Bc1cccc2c1nc1n(-c3ccc4c(n3)C(C)(C)c3ccccc3-4)c3cc(O)ccc3n21. The quantitative estimate of drug-likeness (QED) is 0.402. The lowest BCUT2D eigenvalue weighted by Gasteiger charge is -2.20. The Kier molecular flexibility index (Phi) is 3.39. The number of rotatable bonds is 1. The number of pyridine rings is 1. The zero-order valence-electron chi connectivity index (χ0n) is 18.7. The van der Waals surface area contributed by atoms with Gasteiger partial charge in [-0.15, -0.1) is 0 Å². The summed E-state index contributed by atoms with van der Waals surface area (Å²) in [6.07, 6.45) is 0. The number of benzene rings is 3. The normalized spacial score (nSPS) is 14.2. The van der Waals surface area contributed by atoms with E-state index in [4.69, 9.17) is 9.97 Å². The Labute approximate surface area is 191 Å². The van der Waals surface area contributed by atoms with Crippen molar-refractivity contribution in [3.8, 4) is 22.7 Å². The minimum atomic E-state index is -0.194. The standard InChI is InChI=1S/C27H21BN4O/c1-27(2)18-7-4-3-6-16(18)17-11-13-23(29-25(17)27)32-22-14-15(33)10-12-20(22)31-21-9-5-8-19(28)24(21)30-26(31)32/h3-14,33H,28H2,1-2H3. The Morgan fingerprint density at radius 1 is 0.818 bits per heavy atom. The van der Waals surface area contributed by atoms with Gasteiger partial charge in [-0.3, -0.25) is 8.97 Å². The van der Waals surface area contributed by atoms with E-state index < -0.39 is 0 Å². The number of hydrogen-bond acceptors (Lipinski definition) is 3. The van der Waals surface area contributed by atoms with Gasteiger partial charge in [0.15, 0.2) is 0 Å². The van der Waals surface area contributed by atoms with Gasteiger partial charge in [-0.05, 0) is 41.5 Å². The van der Waals surface area contributed by atoms with E-state index in [2.05, 4.69) is 85.3 Å². The largest absolute Gasteiger partial charge is 0.508 e. The zero-order chi connectivity index (χ0) is 22.5. The maximum absolute atomic E-state index is 10.3. The van der Waals surface area contributed by atoms with Crippen LogP contribution in [0.1, 0.15) is 25.1 Å². The van der Waals surface area contributed by atoms with Crippen LogP contribution in [-0.4, -0.2) is 31.9 Å². The summed E-state index contributed by atoms with van der Waals surface area (Å²) in [4.78, 5) is 10.2. The molecule has 0 saturated carbocycles. The second kappa shape index (κ2) is 6.04. The number of phenolic OH excluding ortho intramolecular Hbond substituents is 1. The topological polar surface area (TPSA) is 55.3 Å². The molecule has 1 N–H and O–H groups in total. The van der Waals surface area contributed by atoms with Crippen LogP contribution in [-0.2, 0) is 5.41 Å². The van der Waals surface area contributed by atoms with E-state index in [1.54, 1.807) is 12.1 Å². The van der Waals surface area contributed by atoms with Gasteiger partial charge < -0.3 is 5.11 Å². The molecule has 7 rings (SSSR count). The molecule has 0 aliphatic heterocycles. The first-order valence-corrected chi connectivity index (χ1v) is 11.2. The number of aromatic nitrogens is 4. The van der Waals surface area contributed by atoms with E-state index in [0.717, 1.165) is 44.8 Å². The van der Waals surface area contributed by atoms with Crippen LogP contribution in [0.5, 0.6) is 5.75 Å². The molecule has 158 valence electrons. The Balaban J connectivity index is 1.59. The number of para-hydroxylation sites is 1.